The Morgan fingerprint density at radius 1 is 1.20 bits per heavy atom. The fraction of sp³-hybridized carbons (Fsp3) is 0.318. The first-order valence-corrected chi connectivity index (χ1v) is 12.6. The summed E-state index contributed by atoms with van der Waals surface area (Å²) in [7, 11) is -3.34. The molecule has 156 valence electrons. The van der Waals surface area contributed by atoms with Gasteiger partial charge in [-0.05, 0) is 55.3 Å². The van der Waals surface area contributed by atoms with Gasteiger partial charge in [0.2, 0.25) is 10.0 Å². The molecule has 8 heteroatoms. The number of carbonyl (C=O) groups is 1. The van der Waals surface area contributed by atoms with Crippen LogP contribution in [-0.2, 0) is 29.4 Å². The molecule has 2 aromatic carbocycles. The molecule has 3 heterocycles. The van der Waals surface area contributed by atoms with Gasteiger partial charge in [0, 0.05) is 57.7 Å². The van der Waals surface area contributed by atoms with Crippen molar-refractivity contribution in [3.8, 4) is 0 Å². The Balaban J connectivity index is 1.45. The number of carbonyl (C=O) groups excluding carboxylic acids is 1. The first-order chi connectivity index (χ1) is 14.2. The second-order valence-corrected chi connectivity index (χ2v) is 11.0. The predicted molar refractivity (Wildman–Crippen MR) is 121 cm³/mol. The van der Waals surface area contributed by atoms with E-state index in [1.54, 1.807) is 12.1 Å². The van der Waals surface area contributed by atoms with Gasteiger partial charge in [-0.2, -0.15) is 0 Å². The van der Waals surface area contributed by atoms with E-state index in [1.165, 1.54) is 21.8 Å². The Bertz CT molecular complexity index is 1300. The molecule has 1 aromatic heterocycles. The lowest BCUT2D eigenvalue weighted by Gasteiger charge is -2.27. The molecule has 0 fully saturated rings. The minimum Gasteiger partial charge on any atom is -0.358 e. The zero-order chi connectivity index (χ0) is 21.2. The van der Waals surface area contributed by atoms with Crippen LogP contribution in [0.15, 0.2) is 40.9 Å². The molecule has 0 saturated carbocycles. The molecule has 0 aliphatic carbocycles. The van der Waals surface area contributed by atoms with Crippen LogP contribution in [0.2, 0.25) is 0 Å². The molecule has 1 unspecified atom stereocenters. The number of hydrogen-bond donors (Lipinski definition) is 1. The van der Waals surface area contributed by atoms with Gasteiger partial charge in [0.05, 0.1) is 11.9 Å². The number of anilines is 1. The molecule has 0 spiro atoms. The number of fused-ring (bicyclic) bond motifs is 4. The zero-order valence-corrected chi connectivity index (χ0v) is 19.2. The maximum absolute atomic E-state index is 13.3. The van der Waals surface area contributed by atoms with E-state index in [0.29, 0.717) is 30.8 Å². The molecular formula is C22H22BrN3O3S. The fourth-order valence-electron chi connectivity index (χ4n) is 4.78. The molecule has 5 rings (SSSR count). The third-order valence-electron chi connectivity index (χ3n) is 6.06. The number of nitrogens with zero attached hydrogens (tertiary/aromatic N) is 2. The molecule has 1 atom stereocenters. The van der Waals surface area contributed by atoms with E-state index in [2.05, 4.69) is 33.0 Å². The normalized spacial score (nSPS) is 18.6. The zero-order valence-electron chi connectivity index (χ0n) is 16.8. The summed E-state index contributed by atoms with van der Waals surface area (Å²) in [6, 6.07) is 11.4. The summed E-state index contributed by atoms with van der Waals surface area (Å²) >= 11 is 3.54. The monoisotopic (exact) mass is 487 g/mol. The lowest BCUT2D eigenvalue weighted by Crippen LogP contribution is -2.36. The van der Waals surface area contributed by atoms with Crippen molar-refractivity contribution in [3.05, 3.63) is 63.3 Å². The van der Waals surface area contributed by atoms with Crippen molar-refractivity contribution in [1.29, 1.82) is 0 Å². The minimum absolute atomic E-state index is 0.0155. The molecule has 1 amide bonds. The molecule has 2 aliphatic rings. The van der Waals surface area contributed by atoms with E-state index < -0.39 is 10.0 Å². The van der Waals surface area contributed by atoms with E-state index in [-0.39, 0.29) is 11.9 Å². The Labute approximate surface area is 184 Å². The number of sulfonamides is 1. The van der Waals surface area contributed by atoms with Gasteiger partial charge in [-0.1, -0.05) is 15.9 Å². The maximum Gasteiger partial charge on any atom is 0.254 e. The van der Waals surface area contributed by atoms with Gasteiger partial charge in [0.15, 0.2) is 0 Å². The molecule has 0 radical (unpaired) electrons. The van der Waals surface area contributed by atoms with Crippen LogP contribution in [0, 0.1) is 0 Å². The molecular weight excluding hydrogens is 466 g/mol. The topological polar surface area (TPSA) is 73.5 Å². The Morgan fingerprint density at radius 2 is 2.00 bits per heavy atom. The van der Waals surface area contributed by atoms with Gasteiger partial charge in [0.25, 0.3) is 5.91 Å². The van der Waals surface area contributed by atoms with Crippen molar-refractivity contribution in [3.63, 3.8) is 0 Å². The van der Waals surface area contributed by atoms with Crippen molar-refractivity contribution in [2.24, 2.45) is 0 Å². The highest BCUT2D eigenvalue weighted by Gasteiger charge is 2.33. The Morgan fingerprint density at radius 3 is 2.77 bits per heavy atom. The van der Waals surface area contributed by atoms with Crippen LogP contribution in [0.3, 0.4) is 0 Å². The number of aromatic amines is 1. The summed E-state index contributed by atoms with van der Waals surface area (Å²) < 4.78 is 26.7. The number of nitrogens with one attached hydrogen (secondary N) is 1. The van der Waals surface area contributed by atoms with Gasteiger partial charge >= 0.3 is 0 Å². The third-order valence-corrected chi connectivity index (χ3v) is 7.83. The average Bonchev–Trinajstić information content (AvgIpc) is 3.22. The number of rotatable bonds is 2. The number of benzene rings is 2. The summed E-state index contributed by atoms with van der Waals surface area (Å²) in [5, 5.41) is 1.14. The number of hydrogen-bond acceptors (Lipinski definition) is 3. The summed E-state index contributed by atoms with van der Waals surface area (Å²) in [6.45, 7) is 3.11. The van der Waals surface area contributed by atoms with Crippen molar-refractivity contribution < 1.29 is 13.2 Å². The number of halogens is 1. The predicted octanol–water partition coefficient (Wildman–Crippen LogP) is 3.84. The number of H-pyrrole nitrogens is 1. The van der Waals surface area contributed by atoms with Crippen LogP contribution >= 0.6 is 15.9 Å². The molecule has 6 nitrogen and oxygen atoms in total. The lowest BCUT2D eigenvalue weighted by atomic mass is 10.0. The van der Waals surface area contributed by atoms with Gasteiger partial charge < -0.3 is 9.88 Å². The molecule has 1 N–H and O–H groups in total. The summed E-state index contributed by atoms with van der Waals surface area (Å²) in [5.74, 6) is -0.0155. The first-order valence-electron chi connectivity index (χ1n) is 9.93. The van der Waals surface area contributed by atoms with Crippen LogP contribution in [0.25, 0.3) is 10.9 Å². The molecule has 0 saturated heterocycles. The second-order valence-electron chi connectivity index (χ2n) is 8.20. The molecule has 2 aliphatic heterocycles. The van der Waals surface area contributed by atoms with Gasteiger partial charge in [-0.15, -0.1) is 0 Å². The molecule has 30 heavy (non-hydrogen) atoms. The van der Waals surface area contributed by atoms with Crippen molar-refractivity contribution in [1.82, 2.24) is 9.88 Å². The summed E-state index contributed by atoms with van der Waals surface area (Å²) in [5.41, 5.74) is 5.66. The van der Waals surface area contributed by atoms with E-state index >= 15 is 0 Å². The van der Waals surface area contributed by atoms with Crippen LogP contribution in [0.1, 0.15) is 34.1 Å². The van der Waals surface area contributed by atoms with Gasteiger partial charge in [-0.3, -0.25) is 9.10 Å². The second kappa shape index (κ2) is 6.85. The van der Waals surface area contributed by atoms with E-state index in [0.717, 1.165) is 27.4 Å². The number of amides is 1. The SMILES string of the molecule is CC1Cc2cc(C(=O)N3CCc4[nH]c5ccc(Br)cc5c4C3)ccc2N1S(C)(=O)=O. The molecule has 3 aromatic rings. The van der Waals surface area contributed by atoms with Crippen molar-refractivity contribution in [2.45, 2.75) is 32.4 Å². The fourth-order valence-corrected chi connectivity index (χ4v) is 6.41. The number of aromatic nitrogens is 1. The summed E-state index contributed by atoms with van der Waals surface area (Å²) in [6.07, 6.45) is 2.63. The van der Waals surface area contributed by atoms with Crippen LogP contribution in [0.4, 0.5) is 5.69 Å². The maximum atomic E-state index is 13.3. The Kier molecular flexibility index (Phi) is 4.48. The van der Waals surface area contributed by atoms with Crippen LogP contribution in [0.5, 0.6) is 0 Å². The average molecular weight is 488 g/mol. The quantitative estimate of drug-likeness (QED) is 0.596. The van der Waals surface area contributed by atoms with Gasteiger partial charge in [0.1, 0.15) is 0 Å². The highest BCUT2D eigenvalue weighted by Crippen LogP contribution is 2.35. The first kappa shape index (κ1) is 19.6. The van der Waals surface area contributed by atoms with Crippen LogP contribution < -0.4 is 4.31 Å². The van der Waals surface area contributed by atoms with E-state index in [9.17, 15) is 13.2 Å². The largest absolute Gasteiger partial charge is 0.358 e. The van der Waals surface area contributed by atoms with Crippen molar-refractivity contribution >= 4 is 48.5 Å². The standard InChI is InChI=1S/C22H22BrN3O3S/c1-13-9-15-10-14(3-6-21(15)26(13)30(2,28)29)22(27)25-8-7-20-18(12-25)17-11-16(23)4-5-19(17)24-20/h3-6,10-11,13,24H,7-9,12H2,1-2H3. The third kappa shape index (κ3) is 3.13. The Hall–Kier alpha value is -2.32. The lowest BCUT2D eigenvalue weighted by molar-refractivity contribution is 0.0735. The minimum atomic E-state index is -3.34. The van der Waals surface area contributed by atoms with E-state index in [1.807, 2.05) is 24.0 Å². The highest BCUT2D eigenvalue weighted by molar-refractivity contribution is 9.10. The van der Waals surface area contributed by atoms with Gasteiger partial charge in [-0.25, -0.2) is 8.42 Å². The van der Waals surface area contributed by atoms with E-state index in [4.69, 9.17) is 0 Å². The summed E-state index contributed by atoms with van der Waals surface area (Å²) in [4.78, 5) is 18.6. The van der Waals surface area contributed by atoms with Crippen LogP contribution in [-0.4, -0.2) is 43.1 Å². The highest BCUT2D eigenvalue weighted by atomic mass is 79.9. The van der Waals surface area contributed by atoms with Crippen molar-refractivity contribution in [2.75, 3.05) is 17.1 Å². The molecule has 0 bridgehead atoms. The smallest absolute Gasteiger partial charge is 0.254 e.